The maximum Gasteiger partial charge on any atom is 0.358 e. The van der Waals surface area contributed by atoms with Crippen LogP contribution in [0.3, 0.4) is 0 Å². The molecule has 0 saturated carbocycles. The van der Waals surface area contributed by atoms with Crippen molar-refractivity contribution in [3.63, 3.8) is 0 Å². The summed E-state index contributed by atoms with van der Waals surface area (Å²) in [5.41, 5.74) is 8.65. The number of nitrogens with one attached hydrogen (secondary N) is 1. The maximum absolute atomic E-state index is 11.6. The Bertz CT molecular complexity index is 1360. The summed E-state index contributed by atoms with van der Waals surface area (Å²) in [6.45, 7) is 4.14. The van der Waals surface area contributed by atoms with Crippen molar-refractivity contribution < 1.29 is 23.9 Å². The third-order valence-corrected chi connectivity index (χ3v) is 4.55. The molecule has 0 bridgehead atoms. The lowest BCUT2D eigenvalue weighted by Crippen LogP contribution is -2.27. The Labute approximate surface area is 201 Å². The van der Waals surface area contributed by atoms with Gasteiger partial charge in [-0.2, -0.15) is 0 Å². The number of anilines is 2. The fourth-order valence-corrected chi connectivity index (χ4v) is 2.92. The first-order valence-corrected chi connectivity index (χ1v) is 10.8. The van der Waals surface area contributed by atoms with E-state index in [2.05, 4.69) is 15.3 Å². The predicted molar refractivity (Wildman–Crippen MR) is 129 cm³/mol. The van der Waals surface area contributed by atoms with Crippen LogP contribution in [0.25, 0.3) is 11.3 Å². The molecule has 4 rings (SSSR count). The van der Waals surface area contributed by atoms with Crippen molar-refractivity contribution in [1.82, 2.24) is 23.7 Å². The first-order valence-electron chi connectivity index (χ1n) is 10.8. The Kier molecular flexibility index (Phi) is 7.87. The minimum Gasteiger partial charge on any atom is -0.461 e. The van der Waals surface area contributed by atoms with Gasteiger partial charge in [-0.25, -0.2) is 24.4 Å². The quantitative estimate of drug-likeness (QED) is 0.414. The molecule has 184 valence electrons. The van der Waals surface area contributed by atoms with Crippen LogP contribution >= 0.6 is 0 Å². The normalized spacial score (nSPS) is 10.4. The molecule has 4 aromatic rings. The second-order valence-corrected chi connectivity index (χ2v) is 7.43. The van der Waals surface area contributed by atoms with E-state index in [1.54, 1.807) is 85.8 Å². The van der Waals surface area contributed by atoms with Crippen LogP contribution in [0.1, 0.15) is 34.8 Å². The second kappa shape index (κ2) is 11.0. The van der Waals surface area contributed by atoms with Gasteiger partial charge in [0.05, 0.1) is 18.9 Å². The molecular formula is C23H27N7O5. The number of ether oxygens (including phenoxy) is 2. The molecule has 0 aliphatic heterocycles. The average Bonchev–Trinajstić information content (AvgIpc) is 3.43. The van der Waals surface area contributed by atoms with Crippen molar-refractivity contribution in [2.75, 3.05) is 38.4 Å². The third kappa shape index (κ3) is 6.25. The van der Waals surface area contributed by atoms with E-state index in [0.29, 0.717) is 41.6 Å². The third-order valence-electron chi connectivity index (χ3n) is 4.55. The number of nitrogen functional groups attached to an aromatic ring is 1. The van der Waals surface area contributed by atoms with Gasteiger partial charge in [-0.05, 0) is 38.1 Å². The minimum absolute atomic E-state index is 0.227. The molecule has 0 atom stereocenters. The van der Waals surface area contributed by atoms with Gasteiger partial charge in [-0.15, -0.1) is 0 Å². The van der Waals surface area contributed by atoms with Crippen LogP contribution in [0.5, 0.6) is 0 Å². The zero-order valence-electron chi connectivity index (χ0n) is 19.9. The summed E-state index contributed by atoms with van der Waals surface area (Å²) < 4.78 is 13.1. The number of rotatable bonds is 5. The summed E-state index contributed by atoms with van der Waals surface area (Å²) >= 11 is 0. The van der Waals surface area contributed by atoms with Gasteiger partial charge < -0.3 is 34.2 Å². The highest BCUT2D eigenvalue weighted by atomic mass is 16.5. The van der Waals surface area contributed by atoms with Gasteiger partial charge in [-0.1, -0.05) is 0 Å². The molecule has 4 heterocycles. The number of amides is 2. The number of nitrogens with two attached hydrogens (primary N) is 1. The number of pyridine rings is 2. The highest BCUT2D eigenvalue weighted by Crippen LogP contribution is 2.13. The summed E-state index contributed by atoms with van der Waals surface area (Å²) in [6, 6.07) is 6.69. The summed E-state index contributed by atoms with van der Waals surface area (Å²) in [4.78, 5) is 44.2. The van der Waals surface area contributed by atoms with E-state index >= 15 is 0 Å². The SMILES string of the molecule is CCOC(=O)c1cn2cc(N)ccc2n1.CCOC(=O)c1cn2cc(NC(=O)N(C)C)ccc2n1. The number of aromatic nitrogens is 4. The first-order chi connectivity index (χ1) is 16.7. The van der Waals surface area contributed by atoms with Crippen LogP contribution in [0, 0.1) is 0 Å². The maximum atomic E-state index is 11.6. The molecule has 2 amide bonds. The largest absolute Gasteiger partial charge is 0.461 e. The number of carbonyl (C=O) groups is 3. The van der Waals surface area contributed by atoms with Crippen LogP contribution < -0.4 is 11.1 Å². The van der Waals surface area contributed by atoms with Crippen LogP contribution in [0.2, 0.25) is 0 Å². The molecule has 0 unspecified atom stereocenters. The van der Waals surface area contributed by atoms with Crippen molar-refractivity contribution in [3.8, 4) is 0 Å². The van der Waals surface area contributed by atoms with E-state index in [-0.39, 0.29) is 11.7 Å². The van der Waals surface area contributed by atoms with Gasteiger partial charge in [0.2, 0.25) is 0 Å². The number of esters is 2. The van der Waals surface area contributed by atoms with E-state index in [1.165, 1.54) is 4.90 Å². The number of urea groups is 1. The first kappa shape index (κ1) is 25.0. The molecule has 0 radical (unpaired) electrons. The van der Waals surface area contributed by atoms with Gasteiger partial charge in [0.15, 0.2) is 11.4 Å². The van der Waals surface area contributed by atoms with Crippen LogP contribution in [0.4, 0.5) is 16.2 Å². The molecule has 12 nitrogen and oxygen atoms in total. The zero-order valence-corrected chi connectivity index (χ0v) is 19.9. The Balaban J connectivity index is 0.000000203. The van der Waals surface area contributed by atoms with Crippen molar-refractivity contribution in [1.29, 1.82) is 0 Å². The average molecular weight is 482 g/mol. The van der Waals surface area contributed by atoms with Crippen LogP contribution in [-0.4, -0.2) is 68.9 Å². The number of hydrogen-bond acceptors (Lipinski definition) is 8. The van der Waals surface area contributed by atoms with Gasteiger partial charge in [0.25, 0.3) is 0 Å². The smallest absolute Gasteiger partial charge is 0.358 e. The van der Waals surface area contributed by atoms with Gasteiger partial charge in [0, 0.05) is 44.6 Å². The number of nitrogens with zero attached hydrogens (tertiary/aromatic N) is 5. The van der Waals surface area contributed by atoms with Crippen molar-refractivity contribution >= 4 is 40.6 Å². The molecule has 4 aromatic heterocycles. The molecule has 35 heavy (non-hydrogen) atoms. The van der Waals surface area contributed by atoms with Crippen LogP contribution in [0.15, 0.2) is 49.1 Å². The van der Waals surface area contributed by atoms with E-state index < -0.39 is 11.9 Å². The highest BCUT2D eigenvalue weighted by molar-refractivity contribution is 5.90. The summed E-state index contributed by atoms with van der Waals surface area (Å²) in [6.07, 6.45) is 6.56. The van der Waals surface area contributed by atoms with E-state index in [0.717, 1.165) is 0 Å². The van der Waals surface area contributed by atoms with Gasteiger partial charge in [-0.3, -0.25) is 0 Å². The Morgan fingerprint density at radius 3 is 1.89 bits per heavy atom. The Morgan fingerprint density at radius 2 is 1.37 bits per heavy atom. The fraction of sp³-hybridized carbons (Fsp3) is 0.261. The van der Waals surface area contributed by atoms with Gasteiger partial charge >= 0.3 is 18.0 Å². The number of fused-ring (bicyclic) bond motifs is 2. The molecule has 0 aliphatic carbocycles. The summed E-state index contributed by atoms with van der Waals surface area (Å²) in [5.74, 6) is -0.880. The van der Waals surface area contributed by atoms with Crippen molar-refractivity contribution in [2.45, 2.75) is 13.8 Å². The molecule has 0 fully saturated rings. The molecule has 0 aromatic carbocycles. The van der Waals surface area contributed by atoms with Gasteiger partial charge in [0.1, 0.15) is 11.3 Å². The predicted octanol–water partition coefficient (Wildman–Crippen LogP) is 2.70. The van der Waals surface area contributed by atoms with E-state index in [4.69, 9.17) is 15.2 Å². The standard InChI is InChI=1S/C13H16N4O3.C10H11N3O2/c1-4-20-12(18)10-8-17-7-9(5-6-11(17)15-10)14-13(19)16(2)3;1-2-15-10(14)8-6-13-5-7(11)3-4-9(13)12-8/h5-8H,4H2,1-3H3,(H,14,19);3-6H,2,11H2,1H3. The molecule has 0 aliphatic rings. The highest BCUT2D eigenvalue weighted by Gasteiger charge is 2.13. The lowest BCUT2D eigenvalue weighted by atomic mass is 10.4. The number of hydrogen-bond donors (Lipinski definition) is 2. The fourth-order valence-electron chi connectivity index (χ4n) is 2.92. The molecule has 3 N–H and O–H groups in total. The lowest BCUT2D eigenvalue weighted by Gasteiger charge is -2.11. The molecule has 0 spiro atoms. The van der Waals surface area contributed by atoms with Crippen molar-refractivity contribution in [2.24, 2.45) is 0 Å². The second-order valence-electron chi connectivity index (χ2n) is 7.43. The number of carbonyl (C=O) groups excluding carboxylic acids is 3. The monoisotopic (exact) mass is 481 g/mol. The summed E-state index contributed by atoms with van der Waals surface area (Å²) in [7, 11) is 3.31. The lowest BCUT2D eigenvalue weighted by molar-refractivity contribution is 0.0511. The molecule has 12 heteroatoms. The molecular weight excluding hydrogens is 454 g/mol. The zero-order chi connectivity index (χ0) is 25.5. The molecule has 0 saturated heterocycles. The summed E-state index contributed by atoms with van der Waals surface area (Å²) in [5, 5.41) is 2.72. The Morgan fingerprint density at radius 1 is 0.857 bits per heavy atom. The van der Waals surface area contributed by atoms with Crippen LogP contribution in [-0.2, 0) is 9.47 Å². The van der Waals surface area contributed by atoms with E-state index in [9.17, 15) is 14.4 Å². The van der Waals surface area contributed by atoms with Crippen molar-refractivity contribution in [3.05, 3.63) is 60.4 Å². The van der Waals surface area contributed by atoms with E-state index in [1.807, 2.05) is 0 Å². The minimum atomic E-state index is -0.463. The number of imidazole rings is 2. The topological polar surface area (TPSA) is 146 Å². The Hall–Kier alpha value is -4.61.